The van der Waals surface area contributed by atoms with Gasteiger partial charge in [-0.3, -0.25) is 0 Å². The van der Waals surface area contributed by atoms with E-state index in [0.717, 1.165) is 58.9 Å². The fourth-order valence-corrected chi connectivity index (χ4v) is 3.74. The van der Waals surface area contributed by atoms with E-state index in [1.807, 2.05) is 36.7 Å². The van der Waals surface area contributed by atoms with Gasteiger partial charge in [0.2, 0.25) is 11.9 Å². The van der Waals surface area contributed by atoms with E-state index in [9.17, 15) is 0 Å². The van der Waals surface area contributed by atoms with Crippen molar-refractivity contribution in [2.75, 3.05) is 26.2 Å². The molecule has 3 aromatic carbocycles. The third-order valence-corrected chi connectivity index (χ3v) is 5.09. The molecule has 10 heteroatoms. The zero-order valence-corrected chi connectivity index (χ0v) is 18.8. The van der Waals surface area contributed by atoms with Gasteiger partial charge in [0, 0.05) is 24.2 Å². The van der Waals surface area contributed by atoms with Crippen LogP contribution >= 0.6 is 24.8 Å². The smallest absolute Gasteiger partial charge is 0.212 e. The zero-order chi connectivity index (χ0) is 20.2. The lowest BCUT2D eigenvalue weighted by Crippen LogP contribution is -2.30. The van der Waals surface area contributed by atoms with Crippen LogP contribution in [0.5, 0.6) is 0 Å². The number of benzene rings is 3. The highest BCUT2D eigenvalue weighted by Crippen LogP contribution is 2.31. The minimum absolute atomic E-state index is 0. The van der Waals surface area contributed by atoms with Crippen LogP contribution in [0.4, 0.5) is 0 Å². The van der Waals surface area contributed by atoms with Crippen molar-refractivity contribution >= 4 is 70.7 Å². The summed E-state index contributed by atoms with van der Waals surface area (Å²) in [4.78, 5) is 8.63. The molecule has 0 radical (unpaired) electrons. The monoisotopic (exact) mass is 470 g/mol. The number of hydrazone groups is 2. The molecule has 0 fully saturated rings. The zero-order valence-electron chi connectivity index (χ0n) is 17.2. The molecular weight excluding hydrogens is 447 g/mol. The standard InChI is InChI=1S/C22H22N8.2ClH/c1-2-6-16-15(5-1)19(13-27-29-21-23-9-10-24-21)17-7-3-4-8-18(17)20(16)14-28-30-22-25-11-12-26-22;;/h1-8,13-14H,9-12H2,(H2,23,24,29)(H2,25,26,30);2*1H/b27-13+,28-14+;;. The van der Waals surface area contributed by atoms with Gasteiger partial charge in [-0.25, -0.2) is 20.8 Å². The van der Waals surface area contributed by atoms with Crippen LogP contribution in [0.3, 0.4) is 0 Å². The summed E-state index contributed by atoms with van der Waals surface area (Å²) in [7, 11) is 0. The van der Waals surface area contributed by atoms with Gasteiger partial charge < -0.3 is 10.6 Å². The van der Waals surface area contributed by atoms with Crippen LogP contribution in [0.25, 0.3) is 21.5 Å². The van der Waals surface area contributed by atoms with E-state index in [-0.39, 0.29) is 24.8 Å². The third kappa shape index (κ3) is 4.76. The molecule has 0 aromatic heterocycles. The molecule has 8 nitrogen and oxygen atoms in total. The Bertz CT molecular complexity index is 1070. The van der Waals surface area contributed by atoms with Crippen molar-refractivity contribution in [2.24, 2.45) is 20.2 Å². The van der Waals surface area contributed by atoms with Gasteiger partial charge in [0.15, 0.2) is 0 Å². The highest BCUT2D eigenvalue weighted by Gasteiger charge is 2.12. The first-order valence-electron chi connectivity index (χ1n) is 9.98. The molecule has 2 aliphatic heterocycles. The molecule has 0 spiro atoms. The lowest BCUT2D eigenvalue weighted by molar-refractivity contribution is 0.920. The summed E-state index contributed by atoms with van der Waals surface area (Å²) in [5.41, 5.74) is 8.09. The van der Waals surface area contributed by atoms with Gasteiger partial charge in [0.05, 0.1) is 25.5 Å². The first kappa shape index (κ1) is 23.3. The third-order valence-electron chi connectivity index (χ3n) is 5.09. The number of rotatable bonds is 4. The van der Waals surface area contributed by atoms with E-state index in [0.29, 0.717) is 11.9 Å². The Labute approximate surface area is 198 Å². The van der Waals surface area contributed by atoms with Crippen molar-refractivity contribution < 1.29 is 0 Å². The molecule has 5 rings (SSSR count). The maximum atomic E-state index is 4.43. The number of nitrogens with zero attached hydrogens (tertiary/aromatic N) is 4. The Kier molecular flexibility index (Phi) is 7.86. The number of guanidine groups is 2. The van der Waals surface area contributed by atoms with Gasteiger partial charge in [-0.1, -0.05) is 48.5 Å². The lowest BCUT2D eigenvalue weighted by atomic mass is 9.92. The second kappa shape index (κ2) is 10.8. The van der Waals surface area contributed by atoms with Crippen LogP contribution in [0, 0.1) is 0 Å². The van der Waals surface area contributed by atoms with Crippen LogP contribution in [-0.2, 0) is 0 Å². The summed E-state index contributed by atoms with van der Waals surface area (Å²) in [6.45, 7) is 3.23. The Morgan fingerprint density at radius 1 is 0.656 bits per heavy atom. The molecule has 0 saturated carbocycles. The Morgan fingerprint density at radius 3 is 1.34 bits per heavy atom. The predicted molar refractivity (Wildman–Crippen MR) is 138 cm³/mol. The molecule has 0 saturated heterocycles. The SMILES string of the molecule is C(=N\NC1=NCCN1)/c1c2ccccc2c(/C=N/NC2=NCCN2)c2ccccc12.Cl.Cl. The largest absolute Gasteiger partial charge is 0.353 e. The minimum Gasteiger partial charge on any atom is -0.353 e. The van der Waals surface area contributed by atoms with Crippen molar-refractivity contribution in [3.8, 4) is 0 Å². The highest BCUT2D eigenvalue weighted by atomic mass is 35.5. The van der Waals surface area contributed by atoms with Crippen LogP contribution in [-0.4, -0.2) is 50.5 Å². The summed E-state index contributed by atoms with van der Waals surface area (Å²) in [6.07, 6.45) is 3.73. The van der Waals surface area contributed by atoms with Crippen LogP contribution in [0.2, 0.25) is 0 Å². The van der Waals surface area contributed by atoms with E-state index in [2.05, 4.69) is 65.9 Å². The molecule has 0 atom stereocenters. The van der Waals surface area contributed by atoms with E-state index < -0.39 is 0 Å². The topological polar surface area (TPSA) is 97.6 Å². The van der Waals surface area contributed by atoms with Crippen molar-refractivity contribution in [1.29, 1.82) is 0 Å². The molecule has 166 valence electrons. The molecule has 2 aliphatic rings. The Hall–Kier alpha value is -3.36. The van der Waals surface area contributed by atoms with Gasteiger partial charge in [-0.15, -0.1) is 24.8 Å². The molecule has 0 unspecified atom stereocenters. The summed E-state index contributed by atoms with van der Waals surface area (Å²) in [6, 6.07) is 16.6. The predicted octanol–water partition coefficient (Wildman–Crippen LogP) is 2.60. The maximum absolute atomic E-state index is 4.43. The number of hydrogen-bond acceptors (Lipinski definition) is 8. The lowest BCUT2D eigenvalue weighted by Gasteiger charge is -2.12. The molecule has 4 N–H and O–H groups in total. The van der Waals surface area contributed by atoms with E-state index in [1.165, 1.54) is 0 Å². The van der Waals surface area contributed by atoms with E-state index >= 15 is 0 Å². The first-order chi connectivity index (χ1) is 14.9. The van der Waals surface area contributed by atoms with Gasteiger partial charge in [0.25, 0.3) is 0 Å². The van der Waals surface area contributed by atoms with Crippen molar-refractivity contribution in [2.45, 2.75) is 0 Å². The van der Waals surface area contributed by atoms with E-state index in [4.69, 9.17) is 0 Å². The fraction of sp³-hybridized carbons (Fsp3) is 0.182. The van der Waals surface area contributed by atoms with Crippen molar-refractivity contribution in [1.82, 2.24) is 21.5 Å². The molecule has 0 amide bonds. The molecule has 32 heavy (non-hydrogen) atoms. The van der Waals surface area contributed by atoms with Gasteiger partial charge in [-0.2, -0.15) is 10.2 Å². The average molecular weight is 471 g/mol. The van der Waals surface area contributed by atoms with Crippen LogP contribution < -0.4 is 21.5 Å². The second-order valence-corrected chi connectivity index (χ2v) is 6.97. The maximum Gasteiger partial charge on any atom is 0.212 e. The highest BCUT2D eigenvalue weighted by molar-refractivity contribution is 6.21. The number of fused-ring (bicyclic) bond motifs is 2. The first-order valence-corrected chi connectivity index (χ1v) is 9.98. The van der Waals surface area contributed by atoms with Crippen molar-refractivity contribution in [3.05, 3.63) is 59.7 Å². The average Bonchev–Trinajstić information content (AvgIpc) is 3.49. The van der Waals surface area contributed by atoms with Gasteiger partial charge in [-0.05, 0) is 21.5 Å². The summed E-state index contributed by atoms with van der Waals surface area (Å²) in [5, 5.41) is 19.6. The molecule has 0 aliphatic carbocycles. The fourth-order valence-electron chi connectivity index (χ4n) is 3.74. The van der Waals surface area contributed by atoms with Crippen LogP contribution in [0.1, 0.15) is 11.1 Å². The number of halogens is 2. The van der Waals surface area contributed by atoms with Crippen LogP contribution in [0.15, 0.2) is 68.7 Å². The van der Waals surface area contributed by atoms with E-state index in [1.54, 1.807) is 0 Å². The molecular formula is C22H24Cl2N8. The summed E-state index contributed by atoms with van der Waals surface area (Å²) >= 11 is 0. The molecule has 0 bridgehead atoms. The number of hydrogen-bond donors (Lipinski definition) is 4. The molecule has 2 heterocycles. The minimum atomic E-state index is 0. The Morgan fingerprint density at radius 2 is 1.03 bits per heavy atom. The number of nitrogens with one attached hydrogen (secondary N) is 4. The number of aliphatic imine (C=N–C) groups is 2. The van der Waals surface area contributed by atoms with Gasteiger partial charge >= 0.3 is 0 Å². The van der Waals surface area contributed by atoms with Crippen molar-refractivity contribution in [3.63, 3.8) is 0 Å². The van der Waals surface area contributed by atoms with Gasteiger partial charge in [0.1, 0.15) is 0 Å². The quantitative estimate of drug-likeness (QED) is 0.267. The normalized spacial score (nSPS) is 15.1. The second-order valence-electron chi connectivity index (χ2n) is 6.97. The molecule has 3 aromatic rings. The summed E-state index contributed by atoms with van der Waals surface area (Å²) < 4.78 is 0. The summed E-state index contributed by atoms with van der Waals surface area (Å²) in [5.74, 6) is 1.41. The Balaban J connectivity index is 0.00000144.